The highest BCUT2D eigenvalue weighted by molar-refractivity contribution is 5.45. The molecule has 1 saturated carbocycles. The standard InChI is InChI=1S/C16H23NO2/c1-16(8-3-9-17-16)13-6-7-14(18-2)15(10-13)19-11-12-4-5-12/h6-7,10,12,17H,3-5,8-9,11H2,1-2H3. The third kappa shape index (κ3) is 2.71. The molecule has 0 aromatic heterocycles. The van der Waals surface area contributed by atoms with Crippen molar-refractivity contribution in [3.63, 3.8) is 0 Å². The first-order valence-electron chi connectivity index (χ1n) is 7.28. The van der Waals surface area contributed by atoms with Gasteiger partial charge in [0.05, 0.1) is 13.7 Å². The van der Waals surface area contributed by atoms with Crippen molar-refractivity contribution >= 4 is 0 Å². The number of hydrogen-bond acceptors (Lipinski definition) is 3. The average molecular weight is 261 g/mol. The Morgan fingerprint density at radius 3 is 2.79 bits per heavy atom. The number of rotatable bonds is 5. The molecular weight excluding hydrogens is 238 g/mol. The van der Waals surface area contributed by atoms with Gasteiger partial charge in [0, 0.05) is 5.54 Å². The van der Waals surface area contributed by atoms with E-state index in [1.165, 1.54) is 31.2 Å². The number of methoxy groups -OCH3 is 1. The van der Waals surface area contributed by atoms with E-state index in [0.717, 1.165) is 30.6 Å². The minimum Gasteiger partial charge on any atom is -0.493 e. The molecular formula is C16H23NO2. The van der Waals surface area contributed by atoms with Crippen molar-refractivity contribution in [1.82, 2.24) is 5.32 Å². The summed E-state index contributed by atoms with van der Waals surface area (Å²) in [6.45, 7) is 4.19. The molecule has 1 heterocycles. The Labute approximate surface area is 115 Å². The summed E-state index contributed by atoms with van der Waals surface area (Å²) in [5.74, 6) is 2.49. The summed E-state index contributed by atoms with van der Waals surface area (Å²) in [4.78, 5) is 0. The van der Waals surface area contributed by atoms with Crippen LogP contribution in [0.1, 0.15) is 38.2 Å². The van der Waals surface area contributed by atoms with Crippen LogP contribution < -0.4 is 14.8 Å². The van der Waals surface area contributed by atoms with Gasteiger partial charge in [-0.1, -0.05) is 6.07 Å². The lowest BCUT2D eigenvalue weighted by Crippen LogP contribution is -2.33. The summed E-state index contributed by atoms with van der Waals surface area (Å²) in [7, 11) is 1.70. The Morgan fingerprint density at radius 1 is 1.32 bits per heavy atom. The largest absolute Gasteiger partial charge is 0.493 e. The normalized spacial score (nSPS) is 26.4. The van der Waals surface area contributed by atoms with E-state index in [-0.39, 0.29) is 5.54 Å². The van der Waals surface area contributed by atoms with Gasteiger partial charge in [-0.15, -0.1) is 0 Å². The molecule has 0 bridgehead atoms. The van der Waals surface area contributed by atoms with Crippen molar-refractivity contribution in [2.75, 3.05) is 20.3 Å². The maximum Gasteiger partial charge on any atom is 0.161 e. The van der Waals surface area contributed by atoms with E-state index in [1.54, 1.807) is 7.11 Å². The summed E-state index contributed by atoms with van der Waals surface area (Å²) in [6, 6.07) is 6.34. The van der Waals surface area contributed by atoms with Gasteiger partial charge >= 0.3 is 0 Å². The molecule has 1 atom stereocenters. The van der Waals surface area contributed by atoms with Crippen molar-refractivity contribution < 1.29 is 9.47 Å². The smallest absolute Gasteiger partial charge is 0.161 e. The molecule has 0 spiro atoms. The molecule has 19 heavy (non-hydrogen) atoms. The molecule has 1 N–H and O–H groups in total. The second-order valence-corrected chi connectivity index (χ2v) is 5.98. The van der Waals surface area contributed by atoms with E-state index >= 15 is 0 Å². The van der Waals surface area contributed by atoms with Crippen LogP contribution in [0.3, 0.4) is 0 Å². The summed E-state index contributed by atoms with van der Waals surface area (Å²) < 4.78 is 11.3. The van der Waals surface area contributed by atoms with Crippen molar-refractivity contribution in [2.45, 2.75) is 38.1 Å². The zero-order valence-electron chi connectivity index (χ0n) is 11.9. The van der Waals surface area contributed by atoms with Crippen LogP contribution >= 0.6 is 0 Å². The van der Waals surface area contributed by atoms with Gasteiger partial charge in [0.2, 0.25) is 0 Å². The van der Waals surface area contributed by atoms with Crippen LogP contribution in [0.15, 0.2) is 18.2 Å². The highest BCUT2D eigenvalue weighted by Crippen LogP contribution is 2.37. The van der Waals surface area contributed by atoms with E-state index in [9.17, 15) is 0 Å². The minimum atomic E-state index is 0.0873. The summed E-state index contributed by atoms with van der Waals surface area (Å²) in [5.41, 5.74) is 1.39. The quantitative estimate of drug-likeness (QED) is 0.883. The first kappa shape index (κ1) is 12.8. The predicted octanol–water partition coefficient (Wildman–Crippen LogP) is 3.08. The lowest BCUT2D eigenvalue weighted by Gasteiger charge is -2.26. The molecule has 1 unspecified atom stereocenters. The molecule has 1 aromatic rings. The number of hydrogen-bond donors (Lipinski definition) is 1. The molecule has 1 aromatic carbocycles. The second-order valence-electron chi connectivity index (χ2n) is 5.98. The van der Waals surface area contributed by atoms with Crippen LogP contribution in [0.2, 0.25) is 0 Å². The Morgan fingerprint density at radius 2 is 2.16 bits per heavy atom. The fourth-order valence-corrected chi connectivity index (χ4v) is 2.77. The summed E-state index contributed by atoms with van der Waals surface area (Å²) in [5, 5.41) is 3.59. The minimum absolute atomic E-state index is 0.0873. The molecule has 3 rings (SSSR count). The Hall–Kier alpha value is -1.22. The molecule has 0 radical (unpaired) electrons. The van der Waals surface area contributed by atoms with Gasteiger partial charge in [-0.2, -0.15) is 0 Å². The van der Waals surface area contributed by atoms with Crippen LogP contribution in [-0.4, -0.2) is 20.3 Å². The van der Waals surface area contributed by atoms with Crippen LogP contribution in [0.5, 0.6) is 11.5 Å². The van der Waals surface area contributed by atoms with E-state index in [2.05, 4.69) is 24.4 Å². The van der Waals surface area contributed by atoms with Gasteiger partial charge in [-0.05, 0) is 62.8 Å². The van der Waals surface area contributed by atoms with Gasteiger partial charge < -0.3 is 14.8 Å². The fraction of sp³-hybridized carbons (Fsp3) is 0.625. The van der Waals surface area contributed by atoms with Gasteiger partial charge in [-0.25, -0.2) is 0 Å². The molecule has 3 nitrogen and oxygen atoms in total. The number of nitrogens with one attached hydrogen (secondary N) is 1. The number of ether oxygens (including phenoxy) is 2. The van der Waals surface area contributed by atoms with Crippen LogP contribution in [0, 0.1) is 5.92 Å². The van der Waals surface area contributed by atoms with E-state index in [1.807, 2.05) is 6.07 Å². The molecule has 2 aliphatic rings. The Kier molecular flexibility index (Phi) is 3.40. The Bertz CT molecular complexity index is 448. The van der Waals surface area contributed by atoms with Gasteiger partial charge in [0.1, 0.15) is 0 Å². The molecule has 3 heteroatoms. The molecule has 1 aliphatic carbocycles. The first-order chi connectivity index (χ1) is 9.21. The van der Waals surface area contributed by atoms with Crippen LogP contribution in [-0.2, 0) is 5.54 Å². The van der Waals surface area contributed by atoms with E-state index in [4.69, 9.17) is 9.47 Å². The fourth-order valence-electron chi connectivity index (χ4n) is 2.77. The van der Waals surface area contributed by atoms with E-state index < -0.39 is 0 Å². The van der Waals surface area contributed by atoms with Gasteiger partial charge in [0.25, 0.3) is 0 Å². The first-order valence-corrected chi connectivity index (χ1v) is 7.28. The maximum absolute atomic E-state index is 5.94. The number of benzene rings is 1. The van der Waals surface area contributed by atoms with Gasteiger partial charge in [0.15, 0.2) is 11.5 Å². The Balaban J connectivity index is 1.82. The SMILES string of the molecule is COc1ccc(C2(C)CCCN2)cc1OCC1CC1. The lowest BCUT2D eigenvalue weighted by atomic mass is 9.90. The van der Waals surface area contributed by atoms with Crippen molar-refractivity contribution in [3.05, 3.63) is 23.8 Å². The topological polar surface area (TPSA) is 30.5 Å². The third-order valence-corrected chi connectivity index (χ3v) is 4.34. The third-order valence-electron chi connectivity index (χ3n) is 4.34. The molecule has 1 aliphatic heterocycles. The zero-order valence-corrected chi connectivity index (χ0v) is 11.9. The van der Waals surface area contributed by atoms with Crippen LogP contribution in [0.4, 0.5) is 0 Å². The van der Waals surface area contributed by atoms with E-state index in [0.29, 0.717) is 0 Å². The monoisotopic (exact) mass is 261 g/mol. The van der Waals surface area contributed by atoms with Crippen LogP contribution in [0.25, 0.3) is 0 Å². The average Bonchev–Trinajstić information content (AvgIpc) is 3.16. The second kappa shape index (κ2) is 5.04. The maximum atomic E-state index is 5.94. The highest BCUT2D eigenvalue weighted by Gasteiger charge is 2.31. The molecule has 2 fully saturated rings. The highest BCUT2D eigenvalue weighted by atomic mass is 16.5. The summed E-state index contributed by atoms with van der Waals surface area (Å²) in [6.07, 6.45) is 5.03. The molecule has 1 saturated heterocycles. The van der Waals surface area contributed by atoms with Gasteiger partial charge in [-0.3, -0.25) is 0 Å². The van der Waals surface area contributed by atoms with Crippen molar-refractivity contribution in [3.8, 4) is 11.5 Å². The van der Waals surface area contributed by atoms with Crippen molar-refractivity contribution in [2.24, 2.45) is 5.92 Å². The predicted molar refractivity (Wildman–Crippen MR) is 75.8 cm³/mol. The molecule has 104 valence electrons. The lowest BCUT2D eigenvalue weighted by molar-refractivity contribution is 0.279. The van der Waals surface area contributed by atoms with Crippen molar-refractivity contribution in [1.29, 1.82) is 0 Å². The summed E-state index contributed by atoms with van der Waals surface area (Å²) >= 11 is 0. The molecule has 0 amide bonds. The zero-order chi connectivity index (χ0) is 13.3.